The van der Waals surface area contributed by atoms with Crippen molar-refractivity contribution in [2.45, 2.75) is 31.3 Å². The first kappa shape index (κ1) is 22.8. The molecule has 0 aromatic heterocycles. The number of nitrogens with zero attached hydrogens (tertiary/aromatic N) is 1. The van der Waals surface area contributed by atoms with E-state index in [-0.39, 0.29) is 18.2 Å². The number of carboxylic acids is 1. The Labute approximate surface area is 188 Å². The van der Waals surface area contributed by atoms with Gasteiger partial charge in [0.25, 0.3) is 0 Å². The number of ether oxygens (including phenoxy) is 1. The number of aliphatic carboxylic acids is 1. The minimum absolute atomic E-state index is 0.00695. The summed E-state index contributed by atoms with van der Waals surface area (Å²) in [6, 6.07) is 8.57. The largest absolute Gasteiger partial charge is 0.488 e. The zero-order chi connectivity index (χ0) is 23.5. The summed E-state index contributed by atoms with van der Waals surface area (Å²) in [4.78, 5) is 24.7. The Hall–Kier alpha value is -3.33. The van der Waals surface area contributed by atoms with Gasteiger partial charge in [0.1, 0.15) is 0 Å². The lowest BCUT2D eigenvalue weighted by Crippen LogP contribution is -2.59. The predicted octanol–water partition coefficient (Wildman–Crippen LogP) is 3.16. The Morgan fingerprint density at radius 3 is 2.55 bits per heavy atom. The van der Waals surface area contributed by atoms with Gasteiger partial charge >= 0.3 is 5.97 Å². The van der Waals surface area contributed by atoms with E-state index in [0.29, 0.717) is 38.4 Å². The van der Waals surface area contributed by atoms with Crippen LogP contribution in [0.1, 0.15) is 24.0 Å². The molecule has 4 rings (SSSR count). The highest BCUT2D eigenvalue weighted by Gasteiger charge is 2.38. The second-order valence-corrected chi connectivity index (χ2v) is 8.20. The zero-order valence-corrected chi connectivity index (χ0v) is 17.7. The van der Waals surface area contributed by atoms with Gasteiger partial charge in [0.2, 0.25) is 12.2 Å². The summed E-state index contributed by atoms with van der Waals surface area (Å²) < 4.78 is 45.6. The van der Waals surface area contributed by atoms with E-state index in [1.165, 1.54) is 0 Å². The molecule has 1 saturated heterocycles. The summed E-state index contributed by atoms with van der Waals surface area (Å²) in [5.74, 6) is -5.19. The molecule has 9 heteroatoms. The fraction of sp³-hybridized carbons (Fsp3) is 0.333. The normalized spacial score (nSPS) is 20.0. The van der Waals surface area contributed by atoms with Crippen LogP contribution in [0.4, 0.5) is 13.2 Å². The number of carbonyl (C=O) groups excluding carboxylic acids is 1. The van der Waals surface area contributed by atoms with Crippen LogP contribution in [-0.4, -0.2) is 54.2 Å². The zero-order valence-electron chi connectivity index (χ0n) is 17.7. The summed E-state index contributed by atoms with van der Waals surface area (Å²) >= 11 is 0. The van der Waals surface area contributed by atoms with Crippen molar-refractivity contribution in [2.75, 3.05) is 19.7 Å². The smallest absolute Gasteiger partial charge is 0.333 e. The van der Waals surface area contributed by atoms with Gasteiger partial charge in [-0.05, 0) is 48.1 Å². The number of halogens is 3. The standard InChI is InChI=1S/C24H23F3N2O4/c25-18-7-8-19(26)23(22(18)27)33-9-1-2-14-3-5-15(6-4-14)17-10-16-11-29(13-30)12-20(28-16)21(17)24(31)32/h3-8,13,16,20,28H,1-2,9-12H2,(H,31,32)/t16?,20-/m1/s1. The van der Waals surface area contributed by atoms with E-state index in [1.54, 1.807) is 4.90 Å². The van der Waals surface area contributed by atoms with Gasteiger partial charge < -0.3 is 20.1 Å². The van der Waals surface area contributed by atoms with Crippen molar-refractivity contribution in [1.29, 1.82) is 0 Å². The van der Waals surface area contributed by atoms with Crippen molar-refractivity contribution in [3.8, 4) is 5.75 Å². The van der Waals surface area contributed by atoms with Crippen molar-refractivity contribution in [2.24, 2.45) is 0 Å². The minimum Gasteiger partial charge on any atom is -0.488 e. The lowest BCUT2D eigenvalue weighted by atomic mass is 9.83. The first-order chi connectivity index (χ1) is 15.9. The van der Waals surface area contributed by atoms with Crippen LogP contribution in [0.2, 0.25) is 0 Å². The molecule has 2 heterocycles. The number of carboxylic acid groups (broad SMARTS) is 1. The maximum absolute atomic E-state index is 13.6. The third-order valence-corrected chi connectivity index (χ3v) is 5.97. The van der Waals surface area contributed by atoms with Gasteiger partial charge in [-0.1, -0.05) is 24.3 Å². The molecule has 2 aromatic carbocycles. The number of fused-ring (bicyclic) bond motifs is 2. The number of amides is 1. The van der Waals surface area contributed by atoms with Gasteiger partial charge in [-0.2, -0.15) is 4.39 Å². The molecule has 1 unspecified atom stereocenters. The highest BCUT2D eigenvalue weighted by molar-refractivity contribution is 5.98. The minimum atomic E-state index is -1.34. The van der Waals surface area contributed by atoms with Gasteiger partial charge in [0, 0.05) is 19.1 Å². The van der Waals surface area contributed by atoms with Crippen LogP contribution in [0.5, 0.6) is 5.75 Å². The lowest BCUT2D eigenvalue weighted by Gasteiger charge is -2.42. The van der Waals surface area contributed by atoms with Crippen LogP contribution in [-0.2, 0) is 16.0 Å². The number of hydrogen-bond acceptors (Lipinski definition) is 4. The van der Waals surface area contributed by atoms with Crippen molar-refractivity contribution in [1.82, 2.24) is 10.2 Å². The molecule has 2 aliphatic rings. The lowest BCUT2D eigenvalue weighted by molar-refractivity contribution is -0.133. The van der Waals surface area contributed by atoms with E-state index in [9.17, 15) is 27.9 Å². The van der Waals surface area contributed by atoms with E-state index in [2.05, 4.69) is 5.32 Å². The predicted molar refractivity (Wildman–Crippen MR) is 114 cm³/mol. The second kappa shape index (κ2) is 9.66. The molecule has 6 nitrogen and oxygen atoms in total. The average molecular weight is 460 g/mol. The number of piperazine rings is 1. The summed E-state index contributed by atoms with van der Waals surface area (Å²) in [7, 11) is 0. The van der Waals surface area contributed by atoms with Crippen LogP contribution in [0, 0.1) is 17.5 Å². The number of hydrogen-bond donors (Lipinski definition) is 2. The number of nitrogens with one attached hydrogen (secondary N) is 1. The summed E-state index contributed by atoms with van der Waals surface area (Å²) in [6.07, 6.45) is 2.26. The maximum Gasteiger partial charge on any atom is 0.333 e. The Balaban J connectivity index is 1.41. The van der Waals surface area contributed by atoms with Crippen molar-refractivity contribution in [3.05, 3.63) is 70.5 Å². The molecule has 2 aliphatic heterocycles. The van der Waals surface area contributed by atoms with Gasteiger partial charge in [-0.25, -0.2) is 13.6 Å². The van der Waals surface area contributed by atoms with Crippen LogP contribution in [0.25, 0.3) is 5.57 Å². The Kier molecular flexibility index (Phi) is 6.69. The molecule has 0 aliphatic carbocycles. The summed E-state index contributed by atoms with van der Waals surface area (Å²) in [5, 5.41) is 13.1. The third-order valence-electron chi connectivity index (χ3n) is 5.97. The quantitative estimate of drug-likeness (QED) is 0.360. The van der Waals surface area contributed by atoms with Crippen LogP contribution < -0.4 is 10.1 Å². The van der Waals surface area contributed by atoms with Gasteiger partial charge in [0.15, 0.2) is 17.4 Å². The topological polar surface area (TPSA) is 78.9 Å². The molecule has 33 heavy (non-hydrogen) atoms. The molecule has 2 atom stereocenters. The molecule has 2 N–H and O–H groups in total. The number of aryl methyl sites for hydroxylation is 1. The van der Waals surface area contributed by atoms with E-state index >= 15 is 0 Å². The molecular formula is C24H23F3N2O4. The second-order valence-electron chi connectivity index (χ2n) is 8.20. The van der Waals surface area contributed by atoms with E-state index in [4.69, 9.17) is 4.74 Å². The molecule has 2 aromatic rings. The molecule has 0 saturated carbocycles. The van der Waals surface area contributed by atoms with Crippen LogP contribution in [0.15, 0.2) is 42.0 Å². The fourth-order valence-electron chi connectivity index (χ4n) is 4.45. The van der Waals surface area contributed by atoms with E-state index in [1.807, 2.05) is 24.3 Å². The Morgan fingerprint density at radius 2 is 1.85 bits per heavy atom. The maximum atomic E-state index is 13.6. The number of benzene rings is 2. The Morgan fingerprint density at radius 1 is 1.12 bits per heavy atom. The van der Waals surface area contributed by atoms with Gasteiger partial charge in [0.05, 0.1) is 18.2 Å². The van der Waals surface area contributed by atoms with E-state index in [0.717, 1.165) is 29.2 Å². The first-order valence-electron chi connectivity index (χ1n) is 10.6. The van der Waals surface area contributed by atoms with Crippen molar-refractivity contribution < 1.29 is 32.6 Å². The monoisotopic (exact) mass is 460 g/mol. The van der Waals surface area contributed by atoms with Crippen molar-refractivity contribution >= 4 is 18.0 Å². The molecule has 2 bridgehead atoms. The first-order valence-corrected chi connectivity index (χ1v) is 10.6. The SMILES string of the molecule is O=CN1CC2CC(c3ccc(CCCOc4c(F)ccc(F)c4F)cc3)=C(C(=O)O)[C@@H](C1)N2. The fourth-order valence-corrected chi connectivity index (χ4v) is 4.45. The highest BCUT2D eigenvalue weighted by Crippen LogP contribution is 2.33. The molecular weight excluding hydrogens is 437 g/mol. The van der Waals surface area contributed by atoms with Crippen LogP contribution in [0.3, 0.4) is 0 Å². The number of carbonyl (C=O) groups is 2. The molecule has 0 spiro atoms. The van der Waals surface area contributed by atoms with Crippen LogP contribution >= 0.6 is 0 Å². The van der Waals surface area contributed by atoms with E-state index < -0.39 is 35.2 Å². The highest BCUT2D eigenvalue weighted by atomic mass is 19.2. The average Bonchev–Trinajstić information content (AvgIpc) is 2.80. The summed E-state index contributed by atoms with van der Waals surface area (Å²) in [6.45, 7) is 0.853. The molecule has 1 fully saturated rings. The third kappa shape index (κ3) is 4.88. The molecule has 0 radical (unpaired) electrons. The molecule has 1 amide bonds. The molecule has 174 valence electrons. The summed E-state index contributed by atoms with van der Waals surface area (Å²) in [5.41, 5.74) is 2.79. The van der Waals surface area contributed by atoms with Gasteiger partial charge in [-0.15, -0.1) is 0 Å². The van der Waals surface area contributed by atoms with Crippen molar-refractivity contribution in [3.63, 3.8) is 0 Å². The number of rotatable bonds is 8. The Bertz CT molecular complexity index is 1090. The van der Waals surface area contributed by atoms with Gasteiger partial charge in [-0.3, -0.25) is 4.79 Å².